The van der Waals surface area contributed by atoms with Gasteiger partial charge in [0.25, 0.3) is 0 Å². The number of carbonyl (C=O) groups excluding carboxylic acids is 4. The summed E-state index contributed by atoms with van der Waals surface area (Å²) in [6.07, 6.45) is 8.48. The molecular weight excluding hydrogens is 484 g/mol. The third kappa shape index (κ3) is 25.6. The normalized spacial score (nSPS) is 9.62. The molecule has 0 bridgehead atoms. The minimum Gasteiger partial charge on any atom is -0.462 e. The summed E-state index contributed by atoms with van der Waals surface area (Å²) in [5.74, 6) is -3.04. The van der Waals surface area contributed by atoms with Crippen LogP contribution in [0.2, 0.25) is 0 Å². The Bertz CT molecular complexity index is 589. The Balaban J connectivity index is -0.000000793. The largest absolute Gasteiger partial charge is 0.462 e. The summed E-state index contributed by atoms with van der Waals surface area (Å²) in [6, 6.07) is 0. The van der Waals surface area contributed by atoms with Crippen LogP contribution in [0.15, 0.2) is 50.6 Å². The number of hydrogen-bond acceptors (Lipinski definition) is 12. The van der Waals surface area contributed by atoms with Crippen molar-refractivity contribution in [2.45, 2.75) is 25.7 Å². The summed E-state index contributed by atoms with van der Waals surface area (Å²) in [7, 11) is 0. The van der Waals surface area contributed by atoms with Gasteiger partial charge >= 0.3 is 23.9 Å². The molecular formula is C25H44N4O8. The van der Waals surface area contributed by atoms with Crippen molar-refractivity contribution in [2.75, 3.05) is 52.6 Å². The number of nitrogens with two attached hydrogens (primary N) is 4. The van der Waals surface area contributed by atoms with Crippen molar-refractivity contribution in [1.82, 2.24) is 0 Å². The second-order valence-electron chi connectivity index (χ2n) is 7.32. The topological polar surface area (TPSA) is 209 Å². The fourth-order valence-electron chi connectivity index (χ4n) is 2.02. The van der Waals surface area contributed by atoms with E-state index in [1.54, 1.807) is 0 Å². The van der Waals surface area contributed by atoms with Gasteiger partial charge in [-0.05, 0) is 25.9 Å². The van der Waals surface area contributed by atoms with Crippen molar-refractivity contribution >= 4 is 23.9 Å². The van der Waals surface area contributed by atoms with Crippen molar-refractivity contribution in [2.24, 2.45) is 28.3 Å². The van der Waals surface area contributed by atoms with Gasteiger partial charge in [0, 0.05) is 37.4 Å². The van der Waals surface area contributed by atoms with Gasteiger partial charge in [-0.25, -0.2) is 19.2 Å². The van der Waals surface area contributed by atoms with Crippen molar-refractivity contribution in [3.63, 3.8) is 0 Å². The van der Waals surface area contributed by atoms with Crippen molar-refractivity contribution in [1.29, 1.82) is 0 Å². The fourth-order valence-corrected chi connectivity index (χ4v) is 2.02. The lowest BCUT2D eigenvalue weighted by atomic mass is 9.92. The van der Waals surface area contributed by atoms with E-state index >= 15 is 0 Å². The first-order valence-electron chi connectivity index (χ1n) is 11.6. The van der Waals surface area contributed by atoms with E-state index in [2.05, 4.69) is 26.3 Å². The van der Waals surface area contributed by atoms with Gasteiger partial charge in [0.15, 0.2) is 0 Å². The van der Waals surface area contributed by atoms with E-state index in [9.17, 15) is 19.2 Å². The minimum atomic E-state index is -1.34. The molecule has 0 aromatic heterocycles. The summed E-state index contributed by atoms with van der Waals surface area (Å²) in [4.78, 5) is 45.3. The van der Waals surface area contributed by atoms with Crippen LogP contribution in [0.3, 0.4) is 0 Å². The molecule has 0 spiro atoms. The molecule has 0 heterocycles. The zero-order chi connectivity index (χ0) is 29.0. The van der Waals surface area contributed by atoms with Gasteiger partial charge in [-0.15, -0.1) is 0 Å². The molecule has 0 aliphatic rings. The van der Waals surface area contributed by atoms with Crippen LogP contribution in [0.1, 0.15) is 25.7 Å². The van der Waals surface area contributed by atoms with Crippen LogP contribution < -0.4 is 22.9 Å². The number of hydrogen-bond donors (Lipinski definition) is 4. The fraction of sp³-hybridized carbons (Fsp3) is 0.520. The maximum Gasteiger partial charge on any atom is 0.330 e. The van der Waals surface area contributed by atoms with Gasteiger partial charge in [0.05, 0.1) is 0 Å². The summed E-state index contributed by atoms with van der Waals surface area (Å²) in [5, 5.41) is 0. The lowest BCUT2D eigenvalue weighted by molar-refractivity contribution is -0.164. The molecule has 0 aliphatic carbocycles. The van der Waals surface area contributed by atoms with Gasteiger partial charge in [0.2, 0.25) is 0 Å². The minimum absolute atomic E-state index is 0.378. The van der Waals surface area contributed by atoms with Gasteiger partial charge < -0.3 is 41.9 Å². The second kappa shape index (κ2) is 27.3. The molecule has 212 valence electrons. The molecule has 12 heteroatoms. The van der Waals surface area contributed by atoms with Gasteiger partial charge in [-0.2, -0.15) is 0 Å². The van der Waals surface area contributed by atoms with E-state index in [0.29, 0.717) is 13.1 Å². The molecule has 0 aromatic carbocycles. The van der Waals surface area contributed by atoms with E-state index in [1.807, 2.05) is 0 Å². The molecule has 12 nitrogen and oxygen atoms in total. The van der Waals surface area contributed by atoms with Gasteiger partial charge in [-0.1, -0.05) is 39.2 Å². The van der Waals surface area contributed by atoms with E-state index in [0.717, 1.165) is 50.2 Å². The molecule has 0 radical (unpaired) electrons. The maximum absolute atomic E-state index is 11.3. The molecule has 8 N–H and O–H groups in total. The van der Waals surface area contributed by atoms with E-state index in [-0.39, 0.29) is 26.4 Å². The summed E-state index contributed by atoms with van der Waals surface area (Å²) < 4.78 is 19.8. The third-order valence-corrected chi connectivity index (χ3v) is 4.07. The van der Waals surface area contributed by atoms with Crippen LogP contribution in [0, 0.1) is 5.41 Å². The monoisotopic (exact) mass is 528 g/mol. The Labute approximate surface area is 219 Å². The summed E-state index contributed by atoms with van der Waals surface area (Å²) >= 11 is 0. The lowest BCUT2D eigenvalue weighted by Crippen LogP contribution is -2.43. The summed E-state index contributed by atoms with van der Waals surface area (Å²) in [6.45, 7) is 14.3. The second-order valence-corrected chi connectivity index (χ2v) is 7.32. The Morgan fingerprint density at radius 2 is 0.730 bits per heavy atom. The predicted octanol–water partition coefficient (Wildman–Crippen LogP) is 0.258. The zero-order valence-corrected chi connectivity index (χ0v) is 21.7. The van der Waals surface area contributed by atoms with Crippen molar-refractivity contribution in [3.05, 3.63) is 50.6 Å². The molecule has 0 saturated carbocycles. The van der Waals surface area contributed by atoms with Crippen LogP contribution in [-0.4, -0.2) is 76.5 Å². The smallest absolute Gasteiger partial charge is 0.330 e. The van der Waals surface area contributed by atoms with E-state index < -0.39 is 29.3 Å². The molecule has 0 saturated heterocycles. The molecule has 0 aliphatic heterocycles. The van der Waals surface area contributed by atoms with Crippen LogP contribution in [0.5, 0.6) is 0 Å². The Hall–Kier alpha value is -3.32. The number of rotatable bonds is 18. The molecule has 0 amide bonds. The maximum atomic E-state index is 11.3. The van der Waals surface area contributed by atoms with Crippen LogP contribution in [0.25, 0.3) is 0 Å². The first kappa shape index (κ1) is 38.2. The molecule has 0 fully saturated rings. The lowest BCUT2D eigenvalue weighted by Gasteiger charge is -2.31. The number of carbonyl (C=O) groups is 4. The van der Waals surface area contributed by atoms with Crippen LogP contribution in [0.4, 0.5) is 0 Å². The predicted molar refractivity (Wildman–Crippen MR) is 142 cm³/mol. The first-order chi connectivity index (χ1) is 17.6. The highest BCUT2D eigenvalue weighted by atomic mass is 16.6. The average molecular weight is 529 g/mol. The van der Waals surface area contributed by atoms with Crippen LogP contribution in [-0.2, 0) is 38.1 Å². The average Bonchev–Trinajstić information content (AvgIpc) is 2.93. The third-order valence-electron chi connectivity index (χ3n) is 4.07. The van der Waals surface area contributed by atoms with Gasteiger partial charge in [0.1, 0.15) is 31.8 Å². The number of ether oxygens (including phenoxy) is 4. The summed E-state index contributed by atoms with van der Waals surface area (Å²) in [5.41, 5.74) is 19.0. The van der Waals surface area contributed by atoms with Crippen molar-refractivity contribution < 1.29 is 38.1 Å². The van der Waals surface area contributed by atoms with Crippen LogP contribution >= 0.6 is 0 Å². The number of unbranched alkanes of at least 4 members (excludes halogenated alkanes) is 3. The van der Waals surface area contributed by atoms with Crippen molar-refractivity contribution in [3.8, 4) is 0 Å². The highest BCUT2D eigenvalue weighted by Crippen LogP contribution is 2.21. The molecule has 0 unspecified atom stereocenters. The Kier molecular flexibility index (Phi) is 28.2. The highest BCUT2D eigenvalue weighted by Gasteiger charge is 2.37. The highest BCUT2D eigenvalue weighted by molar-refractivity contribution is 5.82. The first-order valence-corrected chi connectivity index (χ1v) is 11.6. The Morgan fingerprint density at radius 3 is 0.892 bits per heavy atom. The standard InChI is InChI=1S/C17H20O8.C6H16N2.C2H8N2/c1-5-13(18)22-9-17(10-23-14(19)6-2,11-24-15(20)7-3)12-25-16(21)8-4;7-5-3-1-2-4-6-8;3-1-2-4/h5-8H,1-4,9-12H2;1-8H2;1-4H2. The van der Waals surface area contributed by atoms with E-state index in [4.69, 9.17) is 41.9 Å². The van der Waals surface area contributed by atoms with Gasteiger partial charge in [-0.3, -0.25) is 0 Å². The molecule has 0 aromatic rings. The molecule has 37 heavy (non-hydrogen) atoms. The zero-order valence-electron chi connectivity index (χ0n) is 21.7. The number of esters is 4. The molecule has 0 rings (SSSR count). The Morgan fingerprint density at radius 1 is 0.486 bits per heavy atom. The quantitative estimate of drug-likeness (QED) is 0.0817. The van der Waals surface area contributed by atoms with E-state index in [1.165, 1.54) is 12.8 Å². The molecule has 0 atom stereocenters. The SMILES string of the molecule is C=CC(=O)OCC(COC(=O)C=C)(COC(=O)C=C)COC(=O)C=C.NCCCCCCN.NCCN.